The monoisotopic (exact) mass is 410 g/mol. The Hall–Kier alpha value is -3.06. The zero-order valence-electron chi connectivity index (χ0n) is 17.1. The summed E-state index contributed by atoms with van der Waals surface area (Å²) in [5.41, 5.74) is 1.94. The highest BCUT2D eigenvalue weighted by molar-refractivity contribution is 5.92. The van der Waals surface area contributed by atoms with Gasteiger partial charge in [-0.05, 0) is 55.5 Å². The number of urea groups is 1. The number of hydrogen-bond donors (Lipinski definition) is 4. The van der Waals surface area contributed by atoms with Crippen molar-refractivity contribution in [2.45, 2.75) is 31.7 Å². The predicted octanol–water partition coefficient (Wildman–Crippen LogP) is 2.73. The number of carbonyl (C=O) groups is 2. The fraction of sp³-hybridized carbons (Fsp3) is 0.391. The Morgan fingerprint density at radius 2 is 1.70 bits per heavy atom. The highest BCUT2D eigenvalue weighted by Gasteiger charge is 2.22. The zero-order chi connectivity index (χ0) is 21.2. The van der Waals surface area contributed by atoms with E-state index in [-0.39, 0.29) is 23.7 Å². The number of carbonyl (C=O) groups excluding carboxylic acids is 2. The number of aromatic hydroxyl groups is 1. The standard InChI is InChI=1S/C23H30N4O3/c28-21-10-8-18(9-11-21)5-4-14-24-23(30)26-20-12-15-27(16-13-20)17-22(29)25-19-6-2-1-3-7-19/h1-3,6-11,20,28H,4-5,12-17H2,(H,25,29)(H2,24,26,30). The molecule has 160 valence electrons. The summed E-state index contributed by atoms with van der Waals surface area (Å²) in [6.45, 7) is 2.54. The molecule has 0 radical (unpaired) electrons. The van der Waals surface area contributed by atoms with Crippen LogP contribution in [-0.4, -0.2) is 54.2 Å². The lowest BCUT2D eigenvalue weighted by Crippen LogP contribution is -2.49. The first kappa shape index (κ1) is 21.6. The third kappa shape index (κ3) is 7.40. The van der Waals surface area contributed by atoms with E-state index >= 15 is 0 Å². The fourth-order valence-electron chi connectivity index (χ4n) is 3.55. The summed E-state index contributed by atoms with van der Waals surface area (Å²) < 4.78 is 0. The van der Waals surface area contributed by atoms with Gasteiger partial charge in [0.25, 0.3) is 0 Å². The Morgan fingerprint density at radius 1 is 1.00 bits per heavy atom. The van der Waals surface area contributed by atoms with Gasteiger partial charge in [-0.2, -0.15) is 0 Å². The van der Waals surface area contributed by atoms with Crippen LogP contribution in [0.1, 0.15) is 24.8 Å². The second-order valence-corrected chi connectivity index (χ2v) is 7.63. The van der Waals surface area contributed by atoms with Gasteiger partial charge in [0, 0.05) is 31.4 Å². The molecule has 0 aromatic heterocycles. The molecule has 0 saturated carbocycles. The quantitative estimate of drug-likeness (QED) is 0.504. The maximum atomic E-state index is 12.2. The van der Waals surface area contributed by atoms with Crippen molar-refractivity contribution in [1.29, 1.82) is 0 Å². The Balaban J connectivity index is 1.27. The first-order valence-electron chi connectivity index (χ1n) is 10.5. The van der Waals surface area contributed by atoms with Crippen LogP contribution >= 0.6 is 0 Å². The van der Waals surface area contributed by atoms with Crippen molar-refractivity contribution in [2.24, 2.45) is 0 Å². The number of likely N-dealkylation sites (tertiary alicyclic amines) is 1. The SMILES string of the molecule is O=C(CN1CCC(NC(=O)NCCCc2ccc(O)cc2)CC1)Nc1ccccc1. The second-order valence-electron chi connectivity index (χ2n) is 7.63. The van der Waals surface area contributed by atoms with Gasteiger partial charge in [-0.1, -0.05) is 30.3 Å². The van der Waals surface area contributed by atoms with Crippen molar-refractivity contribution >= 4 is 17.6 Å². The first-order valence-corrected chi connectivity index (χ1v) is 10.5. The molecule has 1 saturated heterocycles. The molecule has 7 nitrogen and oxygen atoms in total. The number of hydrogen-bond acceptors (Lipinski definition) is 4. The molecule has 7 heteroatoms. The lowest BCUT2D eigenvalue weighted by Gasteiger charge is -2.31. The molecule has 1 aliphatic heterocycles. The van der Waals surface area contributed by atoms with Gasteiger partial charge < -0.3 is 21.1 Å². The van der Waals surface area contributed by atoms with Crippen LogP contribution in [0.5, 0.6) is 5.75 Å². The second kappa shape index (κ2) is 11.2. The Labute approximate surface area is 177 Å². The van der Waals surface area contributed by atoms with E-state index in [1.807, 2.05) is 42.5 Å². The normalized spacial score (nSPS) is 14.8. The van der Waals surface area contributed by atoms with E-state index in [0.717, 1.165) is 50.0 Å². The van der Waals surface area contributed by atoms with Crippen LogP contribution in [0.15, 0.2) is 54.6 Å². The molecule has 0 atom stereocenters. The molecule has 0 spiro atoms. The van der Waals surface area contributed by atoms with Crippen molar-refractivity contribution < 1.29 is 14.7 Å². The van der Waals surface area contributed by atoms with E-state index in [1.165, 1.54) is 0 Å². The van der Waals surface area contributed by atoms with Crippen LogP contribution in [0.2, 0.25) is 0 Å². The molecule has 1 fully saturated rings. The smallest absolute Gasteiger partial charge is 0.315 e. The van der Waals surface area contributed by atoms with Crippen LogP contribution in [0, 0.1) is 0 Å². The minimum atomic E-state index is -0.138. The van der Waals surface area contributed by atoms with Crippen molar-refractivity contribution in [3.8, 4) is 5.75 Å². The fourth-order valence-corrected chi connectivity index (χ4v) is 3.55. The number of piperidine rings is 1. The van der Waals surface area contributed by atoms with Gasteiger partial charge in [-0.25, -0.2) is 4.79 Å². The molecule has 2 aromatic carbocycles. The van der Waals surface area contributed by atoms with Crippen LogP contribution < -0.4 is 16.0 Å². The van der Waals surface area contributed by atoms with E-state index in [1.54, 1.807) is 12.1 Å². The average molecular weight is 411 g/mol. The van der Waals surface area contributed by atoms with Crippen molar-refractivity contribution in [3.05, 3.63) is 60.2 Å². The zero-order valence-corrected chi connectivity index (χ0v) is 17.1. The first-order chi connectivity index (χ1) is 14.6. The van der Waals surface area contributed by atoms with Crippen molar-refractivity contribution in [3.63, 3.8) is 0 Å². The number of phenols is 1. The molecule has 30 heavy (non-hydrogen) atoms. The lowest BCUT2D eigenvalue weighted by atomic mass is 10.1. The molecule has 0 unspecified atom stereocenters. The number of para-hydroxylation sites is 1. The molecule has 1 aliphatic rings. The van der Waals surface area contributed by atoms with Gasteiger partial charge in [0.05, 0.1) is 6.54 Å². The third-order valence-corrected chi connectivity index (χ3v) is 5.21. The highest BCUT2D eigenvalue weighted by Crippen LogP contribution is 2.12. The summed E-state index contributed by atoms with van der Waals surface area (Å²) in [7, 11) is 0. The summed E-state index contributed by atoms with van der Waals surface area (Å²) in [5, 5.41) is 18.1. The van der Waals surface area contributed by atoms with E-state index < -0.39 is 0 Å². The molecule has 4 N–H and O–H groups in total. The van der Waals surface area contributed by atoms with E-state index in [2.05, 4.69) is 20.9 Å². The Bertz CT molecular complexity index is 803. The van der Waals surface area contributed by atoms with Crippen molar-refractivity contribution in [2.75, 3.05) is 31.5 Å². The topological polar surface area (TPSA) is 93.7 Å². The van der Waals surface area contributed by atoms with Crippen LogP contribution in [0.4, 0.5) is 10.5 Å². The van der Waals surface area contributed by atoms with E-state index in [4.69, 9.17) is 0 Å². The minimum absolute atomic E-state index is 0.0148. The summed E-state index contributed by atoms with van der Waals surface area (Å²) in [6.07, 6.45) is 3.36. The summed E-state index contributed by atoms with van der Waals surface area (Å²) in [5.74, 6) is 0.248. The number of aryl methyl sites for hydroxylation is 1. The molecular weight excluding hydrogens is 380 g/mol. The number of nitrogens with one attached hydrogen (secondary N) is 3. The molecule has 3 amide bonds. The van der Waals surface area contributed by atoms with Gasteiger partial charge in [0.2, 0.25) is 5.91 Å². The summed E-state index contributed by atoms with van der Waals surface area (Å²) >= 11 is 0. The van der Waals surface area contributed by atoms with Crippen LogP contribution in [0.3, 0.4) is 0 Å². The molecular formula is C23H30N4O3. The molecule has 0 aliphatic carbocycles. The van der Waals surface area contributed by atoms with E-state index in [9.17, 15) is 14.7 Å². The Morgan fingerprint density at radius 3 is 2.40 bits per heavy atom. The number of phenolic OH excluding ortho intramolecular Hbond substituents is 1. The Kier molecular flexibility index (Phi) is 8.09. The van der Waals surface area contributed by atoms with Crippen molar-refractivity contribution in [1.82, 2.24) is 15.5 Å². The van der Waals surface area contributed by atoms with Gasteiger partial charge in [0.15, 0.2) is 0 Å². The molecule has 3 rings (SSSR count). The number of rotatable bonds is 8. The number of anilines is 1. The van der Waals surface area contributed by atoms with Crippen LogP contribution in [-0.2, 0) is 11.2 Å². The molecule has 0 bridgehead atoms. The largest absolute Gasteiger partial charge is 0.508 e. The van der Waals surface area contributed by atoms with Gasteiger partial charge in [-0.3, -0.25) is 9.69 Å². The van der Waals surface area contributed by atoms with Gasteiger partial charge >= 0.3 is 6.03 Å². The number of benzene rings is 2. The molecule has 2 aromatic rings. The summed E-state index contributed by atoms with van der Waals surface area (Å²) in [6, 6.07) is 16.6. The highest BCUT2D eigenvalue weighted by atomic mass is 16.3. The maximum absolute atomic E-state index is 12.2. The van der Waals surface area contributed by atoms with Gasteiger partial charge in [0.1, 0.15) is 5.75 Å². The number of amides is 3. The lowest BCUT2D eigenvalue weighted by molar-refractivity contribution is -0.117. The third-order valence-electron chi connectivity index (χ3n) is 5.21. The minimum Gasteiger partial charge on any atom is -0.508 e. The predicted molar refractivity (Wildman–Crippen MR) is 117 cm³/mol. The average Bonchev–Trinajstić information content (AvgIpc) is 2.74. The van der Waals surface area contributed by atoms with Gasteiger partial charge in [-0.15, -0.1) is 0 Å². The summed E-state index contributed by atoms with van der Waals surface area (Å²) in [4.78, 5) is 26.4. The maximum Gasteiger partial charge on any atom is 0.315 e. The molecule has 1 heterocycles. The number of nitrogens with zero attached hydrogens (tertiary/aromatic N) is 1. The van der Waals surface area contributed by atoms with Crippen LogP contribution in [0.25, 0.3) is 0 Å². The van der Waals surface area contributed by atoms with E-state index in [0.29, 0.717) is 13.1 Å².